The Bertz CT molecular complexity index is 711. The van der Waals surface area contributed by atoms with Crippen molar-refractivity contribution < 1.29 is 9.53 Å². The van der Waals surface area contributed by atoms with Gasteiger partial charge in [0.25, 0.3) is 0 Å². The summed E-state index contributed by atoms with van der Waals surface area (Å²) in [5.41, 5.74) is 2.35. The monoisotopic (exact) mass is 342 g/mol. The highest BCUT2D eigenvalue weighted by atomic mass is 16.5. The molecule has 0 fully saturated rings. The summed E-state index contributed by atoms with van der Waals surface area (Å²) < 4.78 is 7.79. The normalized spacial score (nSPS) is 17.3. The number of fused-ring (bicyclic) bond motifs is 1. The van der Waals surface area contributed by atoms with Crippen LogP contribution in [0.3, 0.4) is 0 Å². The van der Waals surface area contributed by atoms with E-state index in [0.29, 0.717) is 6.61 Å². The van der Waals surface area contributed by atoms with Crippen molar-refractivity contribution in [1.82, 2.24) is 19.4 Å². The van der Waals surface area contributed by atoms with Crippen LogP contribution in [0, 0.1) is 0 Å². The van der Waals surface area contributed by atoms with Crippen LogP contribution in [0.4, 0.5) is 0 Å². The third-order valence-electron chi connectivity index (χ3n) is 4.70. The zero-order valence-electron chi connectivity index (χ0n) is 15.2. The van der Waals surface area contributed by atoms with Crippen LogP contribution in [0.5, 0.6) is 0 Å². The first kappa shape index (κ1) is 17.6. The van der Waals surface area contributed by atoms with Gasteiger partial charge in [-0.2, -0.15) is 0 Å². The molecule has 0 unspecified atom stereocenters. The summed E-state index contributed by atoms with van der Waals surface area (Å²) in [4.78, 5) is 20.2. The quantitative estimate of drug-likeness (QED) is 0.806. The maximum atomic E-state index is 11.6. The van der Waals surface area contributed by atoms with Gasteiger partial charge in [-0.15, -0.1) is 0 Å². The first-order valence-electron chi connectivity index (χ1n) is 8.66. The standard InChI is InChI=1S/C19H26N4O2/c1-15-19-20-11-17(13-25-14-18(24)21(2)3)23(19)10-9-22(15)12-16-7-5-4-6-8-16/h4-8,11,15H,9-10,12-14H2,1-3H3/t15-/m0/s1. The average molecular weight is 342 g/mol. The summed E-state index contributed by atoms with van der Waals surface area (Å²) in [6.07, 6.45) is 1.87. The molecule has 0 N–H and O–H groups in total. The average Bonchev–Trinajstić information content (AvgIpc) is 3.02. The molecule has 25 heavy (non-hydrogen) atoms. The maximum absolute atomic E-state index is 11.6. The molecule has 1 aromatic heterocycles. The fraction of sp³-hybridized carbons (Fsp3) is 0.474. The molecule has 0 spiro atoms. The fourth-order valence-electron chi connectivity index (χ4n) is 3.13. The molecule has 0 aliphatic carbocycles. The molecular formula is C19H26N4O2. The van der Waals surface area contributed by atoms with Crippen molar-refractivity contribution in [3.05, 3.63) is 53.6 Å². The van der Waals surface area contributed by atoms with E-state index in [9.17, 15) is 4.79 Å². The van der Waals surface area contributed by atoms with Crippen molar-refractivity contribution in [2.75, 3.05) is 27.2 Å². The molecule has 0 saturated heterocycles. The Balaban J connectivity index is 1.62. The van der Waals surface area contributed by atoms with Crippen LogP contribution >= 0.6 is 0 Å². The molecule has 1 atom stereocenters. The Morgan fingerprint density at radius 3 is 2.76 bits per heavy atom. The number of ether oxygens (including phenoxy) is 1. The van der Waals surface area contributed by atoms with Gasteiger partial charge in [-0.05, 0) is 12.5 Å². The number of hydrogen-bond acceptors (Lipinski definition) is 4. The topological polar surface area (TPSA) is 50.6 Å². The van der Waals surface area contributed by atoms with Gasteiger partial charge < -0.3 is 14.2 Å². The van der Waals surface area contributed by atoms with Crippen molar-refractivity contribution >= 4 is 5.91 Å². The second kappa shape index (κ2) is 7.80. The lowest BCUT2D eigenvalue weighted by Crippen LogP contribution is -2.37. The third-order valence-corrected chi connectivity index (χ3v) is 4.70. The molecule has 2 aromatic rings. The van der Waals surface area contributed by atoms with E-state index in [-0.39, 0.29) is 18.6 Å². The Kier molecular flexibility index (Phi) is 5.50. The number of hydrogen-bond donors (Lipinski definition) is 0. The fourth-order valence-corrected chi connectivity index (χ4v) is 3.13. The van der Waals surface area contributed by atoms with E-state index in [4.69, 9.17) is 4.74 Å². The van der Waals surface area contributed by atoms with Gasteiger partial charge in [-0.1, -0.05) is 30.3 Å². The number of imidazole rings is 1. The van der Waals surface area contributed by atoms with Gasteiger partial charge in [0.15, 0.2) is 0 Å². The number of benzene rings is 1. The van der Waals surface area contributed by atoms with Gasteiger partial charge in [0.05, 0.1) is 24.5 Å². The van der Waals surface area contributed by atoms with Gasteiger partial charge >= 0.3 is 0 Å². The van der Waals surface area contributed by atoms with E-state index in [1.165, 1.54) is 10.5 Å². The van der Waals surface area contributed by atoms with Crippen LogP contribution in [0.2, 0.25) is 0 Å². The number of carbonyl (C=O) groups excluding carboxylic acids is 1. The van der Waals surface area contributed by atoms with E-state index in [1.807, 2.05) is 12.3 Å². The van der Waals surface area contributed by atoms with Gasteiger partial charge in [0.1, 0.15) is 12.4 Å². The summed E-state index contributed by atoms with van der Waals surface area (Å²) in [6, 6.07) is 10.8. The molecular weight excluding hydrogens is 316 g/mol. The smallest absolute Gasteiger partial charge is 0.248 e. The largest absolute Gasteiger partial charge is 0.365 e. The molecule has 6 nitrogen and oxygen atoms in total. The highest BCUT2D eigenvalue weighted by Crippen LogP contribution is 2.27. The van der Waals surface area contributed by atoms with Gasteiger partial charge in [-0.25, -0.2) is 4.98 Å². The van der Waals surface area contributed by atoms with Gasteiger partial charge in [-0.3, -0.25) is 9.69 Å². The second-order valence-electron chi connectivity index (χ2n) is 6.67. The third kappa shape index (κ3) is 4.08. The summed E-state index contributed by atoms with van der Waals surface area (Å²) in [6.45, 7) is 5.51. The van der Waals surface area contributed by atoms with E-state index in [0.717, 1.165) is 31.2 Å². The molecule has 1 aliphatic heterocycles. The summed E-state index contributed by atoms with van der Waals surface area (Å²) in [5.74, 6) is 1.04. The van der Waals surface area contributed by atoms with Crippen molar-refractivity contribution in [3.8, 4) is 0 Å². The van der Waals surface area contributed by atoms with Crippen LogP contribution in [-0.4, -0.2) is 52.5 Å². The SMILES string of the molecule is C[C@H]1c2ncc(COCC(=O)N(C)C)n2CCN1Cc1ccccc1. The highest BCUT2D eigenvalue weighted by molar-refractivity contribution is 5.76. The molecule has 1 aliphatic rings. The van der Waals surface area contributed by atoms with E-state index in [2.05, 4.69) is 45.6 Å². The van der Waals surface area contributed by atoms with Crippen molar-refractivity contribution in [2.45, 2.75) is 32.7 Å². The molecule has 1 amide bonds. The number of rotatable bonds is 6. The Hall–Kier alpha value is -2.18. The van der Waals surface area contributed by atoms with E-state index >= 15 is 0 Å². The minimum Gasteiger partial charge on any atom is -0.365 e. The van der Waals surface area contributed by atoms with Crippen molar-refractivity contribution in [3.63, 3.8) is 0 Å². The van der Waals surface area contributed by atoms with Crippen LogP contribution in [-0.2, 0) is 29.2 Å². The summed E-state index contributed by atoms with van der Waals surface area (Å²) in [7, 11) is 3.46. The minimum absolute atomic E-state index is 0.0270. The molecule has 134 valence electrons. The Morgan fingerprint density at radius 1 is 1.28 bits per heavy atom. The Morgan fingerprint density at radius 2 is 2.04 bits per heavy atom. The van der Waals surface area contributed by atoms with E-state index in [1.54, 1.807) is 14.1 Å². The molecule has 0 saturated carbocycles. The van der Waals surface area contributed by atoms with E-state index < -0.39 is 0 Å². The lowest BCUT2D eigenvalue weighted by Gasteiger charge is -2.34. The zero-order valence-corrected chi connectivity index (χ0v) is 15.2. The van der Waals surface area contributed by atoms with Crippen molar-refractivity contribution in [1.29, 1.82) is 0 Å². The number of carbonyl (C=O) groups is 1. The van der Waals surface area contributed by atoms with Crippen LogP contribution in [0.15, 0.2) is 36.5 Å². The van der Waals surface area contributed by atoms with Gasteiger partial charge in [0, 0.05) is 33.7 Å². The van der Waals surface area contributed by atoms with Crippen molar-refractivity contribution in [2.24, 2.45) is 0 Å². The highest BCUT2D eigenvalue weighted by Gasteiger charge is 2.27. The second-order valence-corrected chi connectivity index (χ2v) is 6.67. The number of likely N-dealkylation sites (N-methyl/N-ethyl adjacent to an activating group) is 1. The van der Waals surface area contributed by atoms with Crippen LogP contribution < -0.4 is 0 Å². The lowest BCUT2D eigenvalue weighted by atomic mass is 10.1. The Labute approximate surface area is 149 Å². The molecule has 0 radical (unpaired) electrons. The number of nitrogens with zero attached hydrogens (tertiary/aromatic N) is 4. The minimum atomic E-state index is -0.0270. The number of aromatic nitrogens is 2. The van der Waals surface area contributed by atoms with Gasteiger partial charge in [0.2, 0.25) is 5.91 Å². The summed E-state index contributed by atoms with van der Waals surface area (Å²) in [5, 5.41) is 0. The zero-order chi connectivity index (χ0) is 17.8. The summed E-state index contributed by atoms with van der Waals surface area (Å²) >= 11 is 0. The van der Waals surface area contributed by atoms with Crippen LogP contribution in [0.25, 0.3) is 0 Å². The predicted molar refractivity (Wildman–Crippen MR) is 95.8 cm³/mol. The molecule has 0 bridgehead atoms. The molecule has 2 heterocycles. The molecule has 1 aromatic carbocycles. The number of amides is 1. The molecule has 6 heteroatoms. The lowest BCUT2D eigenvalue weighted by molar-refractivity contribution is -0.134. The maximum Gasteiger partial charge on any atom is 0.248 e. The van der Waals surface area contributed by atoms with Crippen LogP contribution in [0.1, 0.15) is 30.0 Å². The first-order chi connectivity index (χ1) is 12.1. The predicted octanol–water partition coefficient (Wildman–Crippen LogP) is 2.06. The molecule has 3 rings (SSSR count). The first-order valence-corrected chi connectivity index (χ1v) is 8.66.